The molecule has 0 aromatic heterocycles. The van der Waals surface area contributed by atoms with Gasteiger partial charge in [-0.15, -0.1) is 0 Å². The van der Waals surface area contributed by atoms with Gasteiger partial charge in [0.2, 0.25) is 0 Å². The van der Waals surface area contributed by atoms with E-state index in [0.29, 0.717) is 11.3 Å². The molecule has 324 valence electrons. The topological polar surface area (TPSA) is 244 Å². The Labute approximate surface area is 435 Å². The molecular formula is C39H27Cl4N9Na2O9S2. The van der Waals surface area contributed by atoms with Gasteiger partial charge in [-0.1, -0.05) is 88.9 Å². The van der Waals surface area contributed by atoms with E-state index in [2.05, 4.69) is 30.7 Å². The molecule has 2 heterocycles. The fraction of sp³-hybridized carbons (Fsp3) is 0.103. The molecule has 0 aliphatic carbocycles. The van der Waals surface area contributed by atoms with Crippen molar-refractivity contribution in [1.29, 1.82) is 0 Å². The predicted octanol–water partition coefficient (Wildman–Crippen LogP) is 8.16. The molecular weight excluding hydrogens is 990 g/mol. The maximum Gasteiger partial charge on any atom is 0.296 e. The molecule has 5 aromatic carbocycles. The molecule has 0 saturated carbocycles. The van der Waals surface area contributed by atoms with Gasteiger partial charge in [0.05, 0.1) is 61.8 Å². The van der Waals surface area contributed by atoms with Gasteiger partial charge < -0.3 is 4.90 Å². The van der Waals surface area contributed by atoms with Crippen molar-refractivity contribution in [2.24, 2.45) is 30.7 Å². The summed E-state index contributed by atoms with van der Waals surface area (Å²) >= 11 is 24.5. The van der Waals surface area contributed by atoms with Crippen molar-refractivity contribution < 1.29 is 40.3 Å². The van der Waals surface area contributed by atoms with Crippen LogP contribution < -0.4 is 14.9 Å². The number of anilines is 3. The first kappa shape index (κ1) is 52.0. The van der Waals surface area contributed by atoms with Gasteiger partial charge in [-0.3, -0.25) is 23.5 Å². The molecule has 2 radical (unpaired) electrons. The Balaban J connectivity index is 0.00000397. The first-order valence-electron chi connectivity index (χ1n) is 17.9. The van der Waals surface area contributed by atoms with E-state index in [9.17, 15) is 40.3 Å². The number of hydrogen-bond acceptors (Lipinski definition) is 13. The van der Waals surface area contributed by atoms with E-state index >= 15 is 0 Å². The van der Waals surface area contributed by atoms with E-state index in [1.54, 1.807) is 43.3 Å². The third-order valence-electron chi connectivity index (χ3n) is 9.19. The second-order valence-electron chi connectivity index (χ2n) is 13.5. The number of nitrogens with zero attached hydrogens (tertiary/aromatic N) is 9. The number of azo groups is 2. The number of amides is 3. The summed E-state index contributed by atoms with van der Waals surface area (Å²) in [4.78, 5) is 41.2. The number of rotatable bonds is 12. The van der Waals surface area contributed by atoms with Crippen LogP contribution in [0.2, 0.25) is 20.1 Å². The van der Waals surface area contributed by atoms with E-state index in [-0.39, 0.29) is 104 Å². The van der Waals surface area contributed by atoms with Gasteiger partial charge in [0.1, 0.15) is 9.79 Å². The quantitative estimate of drug-likeness (QED) is 0.0695. The molecule has 7 rings (SSSR count). The molecule has 2 N–H and O–H groups in total. The first-order chi connectivity index (χ1) is 29.8. The standard InChI is InChI=1S/C39H27Cl4N9O9S2.2Na/c1-21-10-11-25(47-49-31-19-45-52(39(31)55)34-15-29(43)36(17-27(34)41)63(59,60)61)13-32(21)50(20-22-6-3-2-4-7-22)37(53)23-8-5-9-24(12-23)46-48-30-18-44-51(38(30)54)33-14-28(42)35(16-26(33)40)62(56,57)58;;/h2-19,30-31H,20H2,1H3,(H,56,57,58)(H,59,60,61);;. The summed E-state index contributed by atoms with van der Waals surface area (Å²) in [7, 11) is -9.40. The summed E-state index contributed by atoms with van der Waals surface area (Å²) in [5.41, 5.74) is 2.52. The normalized spacial score (nSPS) is 16.1. The van der Waals surface area contributed by atoms with Crippen molar-refractivity contribution in [3.8, 4) is 0 Å². The van der Waals surface area contributed by atoms with E-state index in [4.69, 9.17) is 46.4 Å². The molecule has 2 aliphatic heterocycles. The van der Waals surface area contributed by atoms with Crippen molar-refractivity contribution in [2.45, 2.75) is 35.3 Å². The zero-order chi connectivity index (χ0) is 45.4. The van der Waals surface area contributed by atoms with Crippen molar-refractivity contribution in [2.75, 3.05) is 14.9 Å². The van der Waals surface area contributed by atoms with Crippen LogP contribution in [-0.2, 0) is 36.4 Å². The predicted molar refractivity (Wildman–Crippen MR) is 247 cm³/mol. The number of benzene rings is 5. The summed E-state index contributed by atoms with van der Waals surface area (Å²) in [6.07, 6.45) is 2.38. The minimum atomic E-state index is -4.70. The minimum absolute atomic E-state index is 0. The van der Waals surface area contributed by atoms with Crippen LogP contribution in [0.1, 0.15) is 21.5 Å². The largest absolute Gasteiger partial charge is 0.304 e. The molecule has 18 nitrogen and oxygen atoms in total. The summed E-state index contributed by atoms with van der Waals surface area (Å²) in [6, 6.07) is 21.9. The van der Waals surface area contributed by atoms with Crippen LogP contribution in [0, 0.1) is 6.92 Å². The molecule has 0 spiro atoms. The Morgan fingerprint density at radius 3 is 1.65 bits per heavy atom. The number of aryl methyl sites for hydroxylation is 1. The third-order valence-corrected chi connectivity index (χ3v) is 12.4. The fourth-order valence-corrected chi connectivity index (χ4v) is 8.79. The second-order valence-corrected chi connectivity index (χ2v) is 17.9. The molecule has 65 heavy (non-hydrogen) atoms. The van der Waals surface area contributed by atoms with Gasteiger partial charge >= 0.3 is 0 Å². The van der Waals surface area contributed by atoms with E-state index in [1.165, 1.54) is 23.4 Å². The Bertz CT molecular complexity index is 3080. The van der Waals surface area contributed by atoms with Gasteiger partial charge in [-0.25, -0.2) is 0 Å². The first-order valence-corrected chi connectivity index (χ1v) is 22.3. The SMILES string of the molecule is Cc1ccc(N=NC2C=NN(c3cc(Cl)c(S(=O)(=O)O)cc3Cl)C2=O)cc1N(Cc1ccccc1)C(=O)c1cccc(N=NC2C=NN(c3cc(Cl)c(S(=O)(=O)O)cc3Cl)C2=O)c1.[Na].[Na]. The van der Waals surface area contributed by atoms with Crippen LogP contribution in [0.4, 0.5) is 28.4 Å². The number of carbonyl (C=O) groups is 3. The Hall–Kier alpha value is -3.97. The van der Waals surface area contributed by atoms with E-state index in [0.717, 1.165) is 39.8 Å². The van der Waals surface area contributed by atoms with Crippen LogP contribution in [0.5, 0.6) is 0 Å². The zero-order valence-electron chi connectivity index (χ0n) is 33.9. The van der Waals surface area contributed by atoms with Crippen LogP contribution >= 0.6 is 46.4 Å². The van der Waals surface area contributed by atoms with Crippen molar-refractivity contribution in [3.63, 3.8) is 0 Å². The number of carbonyl (C=O) groups excluding carboxylic acids is 3. The average molecular weight is 1020 g/mol. The maximum atomic E-state index is 14.4. The van der Waals surface area contributed by atoms with E-state index in [1.807, 2.05) is 30.3 Å². The smallest absolute Gasteiger partial charge is 0.296 e. The Morgan fingerprint density at radius 1 is 0.662 bits per heavy atom. The molecule has 0 saturated heterocycles. The van der Waals surface area contributed by atoms with Gasteiger partial charge in [0.25, 0.3) is 38.0 Å². The Kier molecular flexibility index (Phi) is 17.1. The van der Waals surface area contributed by atoms with Crippen LogP contribution in [-0.4, -0.2) is 127 Å². The molecule has 0 bridgehead atoms. The van der Waals surface area contributed by atoms with Gasteiger partial charge in [0, 0.05) is 70.4 Å². The van der Waals surface area contributed by atoms with Gasteiger partial charge in [0.15, 0.2) is 12.1 Å². The average Bonchev–Trinajstić information content (AvgIpc) is 3.79. The minimum Gasteiger partial charge on any atom is -0.304 e. The molecule has 2 atom stereocenters. The molecule has 2 aliphatic rings. The maximum absolute atomic E-state index is 14.4. The summed E-state index contributed by atoms with van der Waals surface area (Å²) in [6.45, 7) is 1.92. The summed E-state index contributed by atoms with van der Waals surface area (Å²) in [5, 5.41) is 25.2. The molecule has 26 heteroatoms. The van der Waals surface area contributed by atoms with Crippen LogP contribution in [0.15, 0.2) is 138 Å². The second kappa shape index (κ2) is 21.3. The monoisotopic (exact) mass is 1010 g/mol. The Morgan fingerprint density at radius 2 is 1.15 bits per heavy atom. The number of hydrogen-bond donors (Lipinski definition) is 2. The summed E-state index contributed by atoms with van der Waals surface area (Å²) in [5.74, 6) is -1.83. The van der Waals surface area contributed by atoms with Gasteiger partial charge in [-0.2, -0.15) is 57.5 Å². The van der Waals surface area contributed by atoms with Gasteiger partial charge in [-0.05, 0) is 72.6 Å². The molecule has 3 amide bonds. The van der Waals surface area contributed by atoms with E-state index < -0.39 is 69.9 Å². The fourth-order valence-electron chi connectivity index (χ4n) is 6.13. The van der Waals surface area contributed by atoms with Crippen LogP contribution in [0.3, 0.4) is 0 Å². The van der Waals surface area contributed by atoms with Crippen LogP contribution in [0.25, 0.3) is 0 Å². The third kappa shape index (κ3) is 11.8. The van der Waals surface area contributed by atoms with Crippen molar-refractivity contribution >= 4 is 184 Å². The molecule has 5 aromatic rings. The van der Waals surface area contributed by atoms with Crippen molar-refractivity contribution in [3.05, 3.63) is 134 Å². The zero-order valence-corrected chi connectivity index (χ0v) is 42.5. The number of halogens is 4. The molecule has 0 fully saturated rings. The molecule has 2 unspecified atom stereocenters. The summed E-state index contributed by atoms with van der Waals surface area (Å²) < 4.78 is 65.4. The van der Waals surface area contributed by atoms with Crippen molar-refractivity contribution in [1.82, 2.24) is 0 Å². The number of hydrazone groups is 2.